The summed E-state index contributed by atoms with van der Waals surface area (Å²) < 4.78 is 0. The van der Waals surface area contributed by atoms with Gasteiger partial charge < -0.3 is 16.6 Å². The van der Waals surface area contributed by atoms with Crippen LogP contribution < -0.4 is 11.5 Å². The molecule has 0 aromatic heterocycles. The molecule has 0 saturated heterocycles. The van der Waals surface area contributed by atoms with Gasteiger partial charge in [0.2, 0.25) is 0 Å². The minimum atomic E-state index is -1.14. The van der Waals surface area contributed by atoms with Crippen molar-refractivity contribution in [3.63, 3.8) is 0 Å². The van der Waals surface area contributed by atoms with Crippen LogP contribution in [-0.4, -0.2) is 10.7 Å². The second-order valence-corrected chi connectivity index (χ2v) is 8.55. The first kappa shape index (κ1) is 21.3. The van der Waals surface area contributed by atoms with Gasteiger partial charge in [-0.15, -0.1) is 0 Å². The summed E-state index contributed by atoms with van der Waals surface area (Å²) in [6.07, 6.45) is 0.930. The first-order valence-electron chi connectivity index (χ1n) is 10.8. The third-order valence-corrected chi connectivity index (χ3v) is 6.11. The van der Waals surface area contributed by atoms with Gasteiger partial charge in [-0.1, -0.05) is 90.5 Å². The average Bonchev–Trinajstić information content (AvgIpc) is 2.80. The van der Waals surface area contributed by atoms with E-state index in [0.29, 0.717) is 19.4 Å². The van der Waals surface area contributed by atoms with Crippen molar-refractivity contribution in [1.29, 1.82) is 0 Å². The van der Waals surface area contributed by atoms with E-state index in [9.17, 15) is 5.11 Å². The Morgan fingerprint density at radius 2 is 1.29 bits per heavy atom. The Balaban J connectivity index is 1.70. The average molecular weight is 411 g/mol. The first-order chi connectivity index (χ1) is 15.0. The molecule has 4 aromatic carbocycles. The van der Waals surface area contributed by atoms with Crippen molar-refractivity contribution in [2.24, 2.45) is 11.5 Å². The van der Waals surface area contributed by atoms with E-state index in [1.165, 1.54) is 5.56 Å². The monoisotopic (exact) mass is 410 g/mol. The number of aryl methyl sites for hydroxylation is 1. The van der Waals surface area contributed by atoms with Gasteiger partial charge in [0.25, 0.3) is 0 Å². The highest BCUT2D eigenvalue weighted by Crippen LogP contribution is 2.33. The van der Waals surface area contributed by atoms with Crippen molar-refractivity contribution in [1.82, 2.24) is 0 Å². The molecule has 0 fully saturated rings. The predicted octanol–water partition coefficient (Wildman–Crippen LogP) is 4.82. The van der Waals surface area contributed by atoms with Crippen LogP contribution in [0, 0.1) is 6.92 Å². The Labute approximate surface area is 184 Å². The maximum atomic E-state index is 12.0. The van der Waals surface area contributed by atoms with E-state index < -0.39 is 11.6 Å². The molecule has 4 rings (SSSR count). The number of fused-ring (bicyclic) bond motifs is 1. The molecule has 3 heteroatoms. The molecule has 0 heterocycles. The summed E-state index contributed by atoms with van der Waals surface area (Å²) in [5.74, 6) is 0. The summed E-state index contributed by atoms with van der Waals surface area (Å²) in [6, 6.07) is 30.3. The zero-order valence-electron chi connectivity index (χ0n) is 18.0. The van der Waals surface area contributed by atoms with Crippen LogP contribution in [0.15, 0.2) is 91.0 Å². The predicted molar refractivity (Wildman–Crippen MR) is 129 cm³/mol. The maximum absolute atomic E-state index is 12.0. The molecule has 31 heavy (non-hydrogen) atoms. The minimum Gasteiger partial charge on any atom is -0.387 e. The summed E-state index contributed by atoms with van der Waals surface area (Å²) in [5, 5.41) is 14.2. The molecular weight excluding hydrogens is 380 g/mol. The largest absolute Gasteiger partial charge is 0.387 e. The Bertz CT molecular complexity index is 1150. The third-order valence-electron chi connectivity index (χ3n) is 6.11. The lowest BCUT2D eigenvalue weighted by molar-refractivity contribution is 0.0137. The third kappa shape index (κ3) is 4.86. The lowest BCUT2D eigenvalue weighted by atomic mass is 9.79. The summed E-state index contributed by atoms with van der Waals surface area (Å²) in [5.41, 5.74) is 16.7. The van der Waals surface area contributed by atoms with Crippen molar-refractivity contribution in [2.45, 2.75) is 38.0 Å². The number of benzene rings is 4. The molecule has 158 valence electrons. The molecule has 5 N–H and O–H groups in total. The minimum absolute atomic E-state index is 0.458. The van der Waals surface area contributed by atoms with Gasteiger partial charge in [-0.3, -0.25) is 0 Å². The lowest BCUT2D eigenvalue weighted by Crippen LogP contribution is -2.45. The smallest absolute Gasteiger partial charge is 0.0919 e. The molecule has 0 amide bonds. The fourth-order valence-corrected chi connectivity index (χ4v) is 4.20. The Morgan fingerprint density at radius 3 is 1.90 bits per heavy atom. The molecular formula is C28H30N2O. The van der Waals surface area contributed by atoms with Gasteiger partial charge in [0.05, 0.1) is 11.6 Å². The normalized spacial score (nSPS) is 14.3. The quantitative estimate of drug-likeness (QED) is 0.409. The summed E-state index contributed by atoms with van der Waals surface area (Å²) >= 11 is 0. The highest BCUT2D eigenvalue weighted by atomic mass is 16.3. The fourth-order valence-electron chi connectivity index (χ4n) is 4.20. The molecule has 0 saturated carbocycles. The van der Waals surface area contributed by atoms with E-state index in [1.54, 1.807) is 0 Å². The number of nitrogens with two attached hydrogens (primary N) is 2. The first-order valence-corrected chi connectivity index (χ1v) is 10.8. The summed E-state index contributed by atoms with van der Waals surface area (Å²) in [6.45, 7) is 2.57. The summed E-state index contributed by atoms with van der Waals surface area (Å²) in [4.78, 5) is 0. The van der Waals surface area contributed by atoms with Crippen LogP contribution in [0.4, 0.5) is 0 Å². The van der Waals surface area contributed by atoms with Crippen molar-refractivity contribution in [2.75, 3.05) is 0 Å². The number of hydrogen-bond acceptors (Lipinski definition) is 3. The number of rotatable bonds is 7. The molecule has 0 aliphatic carbocycles. The Morgan fingerprint density at radius 1 is 0.742 bits per heavy atom. The van der Waals surface area contributed by atoms with Gasteiger partial charge in [0.15, 0.2) is 0 Å². The lowest BCUT2D eigenvalue weighted by Gasteiger charge is -2.35. The van der Waals surface area contributed by atoms with Crippen LogP contribution >= 0.6 is 0 Å². The van der Waals surface area contributed by atoms with E-state index in [-0.39, 0.29) is 0 Å². The van der Waals surface area contributed by atoms with Crippen LogP contribution in [0.3, 0.4) is 0 Å². The molecule has 0 bridgehead atoms. The zero-order valence-corrected chi connectivity index (χ0v) is 18.0. The second-order valence-electron chi connectivity index (χ2n) is 8.55. The molecule has 2 unspecified atom stereocenters. The van der Waals surface area contributed by atoms with E-state index in [0.717, 1.165) is 33.0 Å². The molecule has 2 atom stereocenters. The zero-order chi connectivity index (χ0) is 21.8. The van der Waals surface area contributed by atoms with Crippen molar-refractivity contribution in [3.8, 4) is 0 Å². The number of aliphatic hydroxyl groups is 1. The van der Waals surface area contributed by atoms with Crippen LogP contribution in [0.1, 0.15) is 33.9 Å². The Kier molecular flexibility index (Phi) is 6.19. The van der Waals surface area contributed by atoms with E-state index in [1.807, 2.05) is 42.5 Å². The molecule has 4 aromatic rings. The second kappa shape index (κ2) is 9.03. The van der Waals surface area contributed by atoms with Crippen molar-refractivity contribution >= 4 is 10.8 Å². The van der Waals surface area contributed by atoms with Gasteiger partial charge >= 0.3 is 0 Å². The molecule has 0 spiro atoms. The van der Waals surface area contributed by atoms with Crippen LogP contribution in [-0.2, 0) is 19.4 Å². The maximum Gasteiger partial charge on any atom is 0.0919 e. The van der Waals surface area contributed by atoms with E-state index >= 15 is 0 Å². The van der Waals surface area contributed by atoms with Crippen molar-refractivity contribution in [3.05, 3.63) is 119 Å². The SMILES string of the molecule is Cc1ccc(CC(O)(Cc2ccc(CN)cc2)C(N)c2ccc3ccccc3c2)cc1. The highest BCUT2D eigenvalue weighted by molar-refractivity contribution is 5.83. The van der Waals surface area contributed by atoms with Gasteiger partial charge in [-0.2, -0.15) is 0 Å². The van der Waals surface area contributed by atoms with Crippen LogP contribution in [0.5, 0.6) is 0 Å². The van der Waals surface area contributed by atoms with E-state index in [2.05, 4.69) is 55.5 Å². The molecule has 0 aliphatic heterocycles. The van der Waals surface area contributed by atoms with E-state index in [4.69, 9.17) is 11.5 Å². The van der Waals surface area contributed by atoms with Crippen LogP contribution in [0.2, 0.25) is 0 Å². The molecule has 0 radical (unpaired) electrons. The van der Waals surface area contributed by atoms with Gasteiger partial charge in [-0.05, 0) is 46.0 Å². The molecule has 3 nitrogen and oxygen atoms in total. The van der Waals surface area contributed by atoms with Crippen molar-refractivity contribution < 1.29 is 5.11 Å². The topological polar surface area (TPSA) is 72.3 Å². The molecule has 0 aliphatic rings. The van der Waals surface area contributed by atoms with Crippen LogP contribution in [0.25, 0.3) is 10.8 Å². The standard InChI is InChI=1S/C28H30N2O/c1-20-6-8-21(9-7-20)17-28(31,18-22-10-12-23(19-29)13-11-22)27(30)26-15-14-24-4-2-3-5-25(24)16-26/h2-16,27,31H,17-19,29-30H2,1H3. The number of hydrogen-bond donors (Lipinski definition) is 3. The summed E-state index contributed by atoms with van der Waals surface area (Å²) in [7, 11) is 0. The van der Waals surface area contributed by atoms with Gasteiger partial charge in [0.1, 0.15) is 0 Å². The van der Waals surface area contributed by atoms with Gasteiger partial charge in [0, 0.05) is 19.4 Å². The fraction of sp³-hybridized carbons (Fsp3) is 0.214. The van der Waals surface area contributed by atoms with Gasteiger partial charge in [-0.25, -0.2) is 0 Å². The highest BCUT2D eigenvalue weighted by Gasteiger charge is 2.36. The Hall–Kier alpha value is -2.98.